The molecule has 1 heterocycles. The maximum Gasteiger partial charge on any atom is 0.0447 e. The lowest BCUT2D eigenvalue weighted by atomic mass is 9.82. The first kappa shape index (κ1) is 13.2. The van der Waals surface area contributed by atoms with Crippen LogP contribution in [0.5, 0.6) is 0 Å². The molecule has 90 valence electrons. The standard InChI is InChI=1S/C14H24N2/c1-11(12-8-6-7-9-16-12)13(15-5)10-14(2,3)4/h6-9,11,13,15H,10H2,1-5H3. The van der Waals surface area contributed by atoms with Crippen LogP contribution in [0.1, 0.15) is 45.7 Å². The molecule has 16 heavy (non-hydrogen) atoms. The van der Waals surface area contributed by atoms with E-state index in [1.807, 2.05) is 19.3 Å². The fourth-order valence-electron chi connectivity index (χ4n) is 2.04. The number of nitrogens with zero attached hydrogens (tertiary/aromatic N) is 1. The van der Waals surface area contributed by atoms with Crippen molar-refractivity contribution >= 4 is 0 Å². The van der Waals surface area contributed by atoms with E-state index in [9.17, 15) is 0 Å². The average Bonchev–Trinajstić information content (AvgIpc) is 2.25. The van der Waals surface area contributed by atoms with Crippen molar-refractivity contribution in [2.45, 2.75) is 46.1 Å². The molecule has 0 aliphatic carbocycles. The van der Waals surface area contributed by atoms with Gasteiger partial charge in [-0.05, 0) is 31.0 Å². The highest BCUT2D eigenvalue weighted by atomic mass is 14.9. The number of aromatic nitrogens is 1. The van der Waals surface area contributed by atoms with Crippen LogP contribution in [0.4, 0.5) is 0 Å². The molecule has 0 saturated heterocycles. The van der Waals surface area contributed by atoms with Crippen molar-refractivity contribution in [1.82, 2.24) is 10.3 Å². The minimum atomic E-state index is 0.344. The van der Waals surface area contributed by atoms with E-state index in [1.54, 1.807) is 0 Å². The fraction of sp³-hybridized carbons (Fsp3) is 0.643. The summed E-state index contributed by atoms with van der Waals surface area (Å²) >= 11 is 0. The van der Waals surface area contributed by atoms with Gasteiger partial charge in [-0.1, -0.05) is 33.8 Å². The van der Waals surface area contributed by atoms with Crippen molar-refractivity contribution in [3.8, 4) is 0 Å². The van der Waals surface area contributed by atoms with Gasteiger partial charge in [-0.3, -0.25) is 4.98 Å². The van der Waals surface area contributed by atoms with E-state index in [1.165, 1.54) is 5.69 Å². The summed E-state index contributed by atoms with van der Waals surface area (Å²) in [6, 6.07) is 6.61. The van der Waals surface area contributed by atoms with Crippen LogP contribution in [-0.2, 0) is 0 Å². The summed E-state index contributed by atoms with van der Waals surface area (Å²) in [6.07, 6.45) is 3.02. The number of nitrogens with one attached hydrogen (secondary N) is 1. The minimum Gasteiger partial charge on any atom is -0.316 e. The summed E-state index contributed by atoms with van der Waals surface area (Å²) in [4.78, 5) is 4.44. The van der Waals surface area contributed by atoms with E-state index in [-0.39, 0.29) is 0 Å². The van der Waals surface area contributed by atoms with Gasteiger partial charge in [0.1, 0.15) is 0 Å². The monoisotopic (exact) mass is 220 g/mol. The zero-order valence-corrected chi connectivity index (χ0v) is 11.1. The molecule has 1 aromatic rings. The molecule has 2 atom stereocenters. The Balaban J connectivity index is 2.74. The molecule has 1 N–H and O–H groups in total. The third kappa shape index (κ3) is 3.93. The van der Waals surface area contributed by atoms with Gasteiger partial charge in [0.25, 0.3) is 0 Å². The number of likely N-dealkylation sites (N-methyl/N-ethyl adjacent to an activating group) is 1. The van der Waals surface area contributed by atoms with Crippen molar-refractivity contribution in [3.05, 3.63) is 30.1 Å². The van der Waals surface area contributed by atoms with Crippen LogP contribution in [0.3, 0.4) is 0 Å². The van der Waals surface area contributed by atoms with Gasteiger partial charge in [-0.25, -0.2) is 0 Å². The van der Waals surface area contributed by atoms with E-state index in [0.29, 0.717) is 17.4 Å². The zero-order chi connectivity index (χ0) is 12.2. The summed E-state index contributed by atoms with van der Waals surface area (Å²) in [5, 5.41) is 3.42. The SMILES string of the molecule is CNC(CC(C)(C)C)C(C)c1ccccn1. The van der Waals surface area contributed by atoms with Crippen LogP contribution in [0.15, 0.2) is 24.4 Å². The van der Waals surface area contributed by atoms with Crippen LogP contribution in [-0.4, -0.2) is 18.1 Å². The first-order valence-electron chi connectivity index (χ1n) is 6.02. The Bertz CT molecular complexity index is 300. The summed E-state index contributed by atoms with van der Waals surface area (Å²) in [6.45, 7) is 9.09. The fourth-order valence-corrected chi connectivity index (χ4v) is 2.04. The zero-order valence-electron chi connectivity index (χ0n) is 11.1. The summed E-state index contributed by atoms with van der Waals surface area (Å²) in [5.41, 5.74) is 1.52. The molecule has 0 bridgehead atoms. The highest BCUT2D eigenvalue weighted by Gasteiger charge is 2.23. The Morgan fingerprint density at radius 3 is 2.44 bits per heavy atom. The molecule has 0 amide bonds. The molecule has 2 nitrogen and oxygen atoms in total. The Morgan fingerprint density at radius 2 is 2.00 bits per heavy atom. The van der Waals surface area contributed by atoms with Gasteiger partial charge in [0, 0.05) is 23.9 Å². The van der Waals surface area contributed by atoms with Crippen LogP contribution < -0.4 is 5.32 Å². The first-order valence-corrected chi connectivity index (χ1v) is 6.02. The maximum absolute atomic E-state index is 4.44. The highest BCUT2D eigenvalue weighted by Crippen LogP contribution is 2.27. The molecule has 1 aromatic heterocycles. The lowest BCUT2D eigenvalue weighted by Gasteiger charge is -2.30. The molecule has 0 saturated carbocycles. The second kappa shape index (κ2) is 5.44. The highest BCUT2D eigenvalue weighted by molar-refractivity contribution is 5.11. The maximum atomic E-state index is 4.44. The Hall–Kier alpha value is -0.890. The molecule has 0 aliphatic rings. The van der Waals surface area contributed by atoms with Gasteiger partial charge in [0.05, 0.1) is 0 Å². The first-order chi connectivity index (χ1) is 7.44. The van der Waals surface area contributed by atoms with Crippen molar-refractivity contribution in [2.75, 3.05) is 7.05 Å². The number of pyridine rings is 1. The largest absolute Gasteiger partial charge is 0.316 e. The predicted octanol–water partition coefficient (Wildman–Crippen LogP) is 3.21. The van der Waals surface area contributed by atoms with Crippen molar-refractivity contribution in [2.24, 2.45) is 5.41 Å². The summed E-state index contributed by atoms with van der Waals surface area (Å²) in [7, 11) is 2.04. The van der Waals surface area contributed by atoms with Crippen LogP contribution in [0, 0.1) is 5.41 Å². The Labute approximate surface area is 99.5 Å². The average molecular weight is 220 g/mol. The van der Waals surface area contributed by atoms with Gasteiger partial charge in [0.15, 0.2) is 0 Å². The van der Waals surface area contributed by atoms with E-state index < -0.39 is 0 Å². The molecule has 1 rings (SSSR count). The Morgan fingerprint density at radius 1 is 1.31 bits per heavy atom. The number of rotatable bonds is 4. The van der Waals surface area contributed by atoms with Crippen molar-refractivity contribution in [1.29, 1.82) is 0 Å². The third-order valence-corrected chi connectivity index (χ3v) is 2.96. The van der Waals surface area contributed by atoms with Crippen molar-refractivity contribution in [3.63, 3.8) is 0 Å². The molecule has 0 aliphatic heterocycles. The summed E-state index contributed by atoms with van der Waals surface area (Å²) < 4.78 is 0. The second-order valence-electron chi connectivity index (χ2n) is 5.70. The van der Waals surface area contributed by atoms with E-state index in [4.69, 9.17) is 0 Å². The minimum absolute atomic E-state index is 0.344. The summed E-state index contributed by atoms with van der Waals surface area (Å²) in [5.74, 6) is 0.449. The third-order valence-electron chi connectivity index (χ3n) is 2.96. The Kier molecular flexibility index (Phi) is 4.48. The normalized spacial score (nSPS) is 15.8. The van der Waals surface area contributed by atoms with Gasteiger partial charge >= 0.3 is 0 Å². The van der Waals surface area contributed by atoms with Crippen LogP contribution in [0.25, 0.3) is 0 Å². The second-order valence-corrected chi connectivity index (χ2v) is 5.70. The molecule has 2 unspecified atom stereocenters. The van der Waals surface area contributed by atoms with Crippen LogP contribution in [0.2, 0.25) is 0 Å². The molecule has 2 heteroatoms. The molecule has 0 radical (unpaired) electrons. The molecule has 0 spiro atoms. The molecular weight excluding hydrogens is 196 g/mol. The quantitative estimate of drug-likeness (QED) is 0.843. The lowest BCUT2D eigenvalue weighted by Crippen LogP contribution is -2.34. The predicted molar refractivity (Wildman–Crippen MR) is 69.6 cm³/mol. The molecule has 0 aromatic carbocycles. The van der Waals surface area contributed by atoms with Crippen molar-refractivity contribution < 1.29 is 0 Å². The smallest absolute Gasteiger partial charge is 0.0447 e. The van der Waals surface area contributed by atoms with Gasteiger partial charge in [-0.15, -0.1) is 0 Å². The van der Waals surface area contributed by atoms with E-state index in [2.05, 4.69) is 50.1 Å². The topological polar surface area (TPSA) is 24.9 Å². The van der Waals surface area contributed by atoms with Gasteiger partial charge in [-0.2, -0.15) is 0 Å². The van der Waals surface area contributed by atoms with E-state index in [0.717, 1.165) is 6.42 Å². The number of hydrogen-bond acceptors (Lipinski definition) is 2. The molecule has 0 fully saturated rings. The van der Waals surface area contributed by atoms with Gasteiger partial charge < -0.3 is 5.32 Å². The van der Waals surface area contributed by atoms with Crippen LogP contribution >= 0.6 is 0 Å². The molecular formula is C14H24N2. The number of hydrogen-bond donors (Lipinski definition) is 1. The lowest BCUT2D eigenvalue weighted by molar-refractivity contribution is 0.294. The van der Waals surface area contributed by atoms with E-state index >= 15 is 0 Å². The van der Waals surface area contributed by atoms with Gasteiger partial charge in [0.2, 0.25) is 0 Å².